The summed E-state index contributed by atoms with van der Waals surface area (Å²) in [5.74, 6) is -0.554. The van der Waals surface area contributed by atoms with Crippen LogP contribution in [-0.2, 0) is 27.5 Å². The molecule has 2 aromatic heterocycles. The maximum atomic E-state index is 13.7. The van der Waals surface area contributed by atoms with Crippen molar-refractivity contribution in [3.63, 3.8) is 0 Å². The summed E-state index contributed by atoms with van der Waals surface area (Å²) in [5.41, 5.74) is -0.187. The minimum atomic E-state index is -4.88. The monoisotopic (exact) mass is 688 g/mol. The number of fused-ring (bicyclic) bond motifs is 1. The second-order valence-electron chi connectivity index (χ2n) is 10.6. The molecular weight excluding hydrogens is 662 g/mol. The van der Waals surface area contributed by atoms with Crippen LogP contribution in [0.3, 0.4) is 0 Å². The summed E-state index contributed by atoms with van der Waals surface area (Å²) in [4.78, 5) is 28.2. The van der Waals surface area contributed by atoms with Gasteiger partial charge in [0.15, 0.2) is 10.8 Å². The number of aromatic nitrogens is 3. The lowest BCUT2D eigenvalue weighted by Crippen LogP contribution is -2.60. The molecule has 1 N–H and O–H groups in total. The molecule has 2 aromatic carbocycles. The van der Waals surface area contributed by atoms with E-state index in [-0.39, 0.29) is 32.1 Å². The molecule has 18 heteroatoms. The molecule has 4 aromatic rings. The lowest BCUT2D eigenvalue weighted by molar-refractivity contribution is -0.274. The van der Waals surface area contributed by atoms with E-state index in [2.05, 4.69) is 25.0 Å². The highest BCUT2D eigenvalue weighted by Crippen LogP contribution is 2.33. The van der Waals surface area contributed by atoms with E-state index in [0.29, 0.717) is 39.0 Å². The number of hydrogen-bond acceptors (Lipinski definition) is 9. The van der Waals surface area contributed by atoms with Crippen LogP contribution >= 0.6 is 11.3 Å². The van der Waals surface area contributed by atoms with Gasteiger partial charge in [-0.1, -0.05) is 37.3 Å². The van der Waals surface area contributed by atoms with Crippen molar-refractivity contribution in [1.29, 1.82) is 0 Å². The van der Waals surface area contributed by atoms with E-state index in [9.17, 15) is 39.6 Å². The molecular formula is C28H26F6N6O4S2. The summed E-state index contributed by atoms with van der Waals surface area (Å²) in [6.45, 7) is 3.44. The highest BCUT2D eigenvalue weighted by molar-refractivity contribution is 7.89. The van der Waals surface area contributed by atoms with Crippen LogP contribution in [0.2, 0.25) is 0 Å². The molecule has 0 aliphatic carbocycles. The smallest absolute Gasteiger partial charge is 0.406 e. The van der Waals surface area contributed by atoms with Gasteiger partial charge in [-0.05, 0) is 42.0 Å². The summed E-state index contributed by atoms with van der Waals surface area (Å²) in [7, 11) is -4.45. The van der Waals surface area contributed by atoms with E-state index in [1.165, 1.54) is 23.5 Å². The lowest BCUT2D eigenvalue weighted by Gasteiger charge is -2.39. The summed E-state index contributed by atoms with van der Waals surface area (Å²) >= 11 is 1.25. The first-order valence-corrected chi connectivity index (χ1v) is 16.0. The van der Waals surface area contributed by atoms with Gasteiger partial charge in [0.1, 0.15) is 17.6 Å². The number of amides is 1. The third-order valence-corrected chi connectivity index (χ3v) is 9.95. The second kappa shape index (κ2) is 12.6. The number of halogens is 6. The minimum Gasteiger partial charge on any atom is -0.406 e. The van der Waals surface area contributed by atoms with E-state index in [1.807, 2.05) is 13.8 Å². The number of nitrogens with one attached hydrogen (secondary N) is 1. The molecule has 1 fully saturated rings. The number of carbonyl (C=O) groups excluding carboxylic acids is 1. The van der Waals surface area contributed by atoms with Gasteiger partial charge in [0.25, 0.3) is 0 Å². The number of piperazine rings is 1. The first-order valence-electron chi connectivity index (χ1n) is 13.7. The Labute approximate surface area is 263 Å². The van der Waals surface area contributed by atoms with Crippen molar-refractivity contribution in [3.8, 4) is 5.75 Å². The van der Waals surface area contributed by atoms with Crippen LogP contribution in [0.5, 0.6) is 5.75 Å². The molecule has 0 bridgehead atoms. The topological polar surface area (TPSA) is 118 Å². The first-order chi connectivity index (χ1) is 21.5. The lowest BCUT2D eigenvalue weighted by atomic mass is 10.1. The molecule has 246 valence electrons. The Bertz CT molecular complexity index is 1810. The number of hydrogen-bond donors (Lipinski definition) is 1. The van der Waals surface area contributed by atoms with Gasteiger partial charge >= 0.3 is 12.5 Å². The molecule has 0 spiro atoms. The van der Waals surface area contributed by atoms with Crippen molar-refractivity contribution in [2.75, 3.05) is 24.5 Å². The maximum Gasteiger partial charge on any atom is 0.573 e. The van der Waals surface area contributed by atoms with Gasteiger partial charge in [-0.2, -0.15) is 22.5 Å². The van der Waals surface area contributed by atoms with Gasteiger partial charge in [-0.25, -0.2) is 18.4 Å². The molecule has 1 aliphatic heterocycles. The molecule has 1 saturated heterocycles. The molecule has 1 aliphatic rings. The third-order valence-electron chi connectivity index (χ3n) is 6.99. The van der Waals surface area contributed by atoms with E-state index in [0.717, 1.165) is 28.6 Å². The summed E-state index contributed by atoms with van der Waals surface area (Å²) in [6, 6.07) is 6.37. The van der Waals surface area contributed by atoms with Gasteiger partial charge in [0.2, 0.25) is 15.9 Å². The highest BCUT2D eigenvalue weighted by atomic mass is 32.2. The Kier molecular flexibility index (Phi) is 9.16. The largest absolute Gasteiger partial charge is 0.573 e. The standard InChI is InChI=1S/C28H26F6N6O4S2/c1-16(2)23-35-14-22-24(37-23)38-26(45-22)39-11-12-40(46(42,43)20-9-5-18(6-10-20)27(29,30)31)21(15-39)25(41)36-13-17-3-7-19(8-4-17)44-28(32,33)34/h3-10,14,16,21H,11-13,15H2,1-2H3,(H,36,41)/t21-/m1/s1. The van der Waals surface area contributed by atoms with Gasteiger partial charge in [-0.15, -0.1) is 13.2 Å². The number of thiazole rings is 1. The van der Waals surface area contributed by atoms with Gasteiger partial charge < -0.3 is 15.0 Å². The fourth-order valence-corrected chi connectivity index (χ4v) is 7.14. The number of sulfonamides is 1. The Balaban J connectivity index is 1.40. The van der Waals surface area contributed by atoms with Crippen LogP contribution in [0.1, 0.15) is 36.7 Å². The first kappa shape index (κ1) is 33.3. The van der Waals surface area contributed by atoms with Crippen molar-refractivity contribution in [2.45, 2.75) is 49.8 Å². The normalized spacial score (nSPS) is 16.6. The molecule has 0 radical (unpaired) electrons. The third kappa shape index (κ3) is 7.50. The zero-order valence-electron chi connectivity index (χ0n) is 24.1. The molecule has 5 rings (SSSR count). The Morgan fingerprint density at radius 1 is 1.02 bits per heavy atom. The van der Waals surface area contributed by atoms with Gasteiger partial charge in [-0.3, -0.25) is 4.79 Å². The quantitative estimate of drug-likeness (QED) is 0.247. The van der Waals surface area contributed by atoms with E-state index in [4.69, 9.17) is 0 Å². The number of rotatable bonds is 8. The number of nitrogens with zero attached hydrogens (tertiary/aromatic N) is 5. The molecule has 0 unspecified atom stereocenters. The molecule has 0 saturated carbocycles. The summed E-state index contributed by atoms with van der Waals surface area (Å²) < 4.78 is 110. The van der Waals surface area contributed by atoms with E-state index < -0.39 is 50.7 Å². The van der Waals surface area contributed by atoms with Crippen molar-refractivity contribution >= 4 is 42.7 Å². The van der Waals surface area contributed by atoms with Crippen molar-refractivity contribution in [2.24, 2.45) is 0 Å². The van der Waals surface area contributed by atoms with E-state index >= 15 is 0 Å². The zero-order chi connectivity index (χ0) is 33.4. The van der Waals surface area contributed by atoms with Gasteiger partial charge in [0, 0.05) is 32.1 Å². The zero-order valence-corrected chi connectivity index (χ0v) is 25.8. The van der Waals surface area contributed by atoms with Gasteiger partial charge in [0.05, 0.1) is 21.4 Å². The minimum absolute atomic E-state index is 0.0509. The fourth-order valence-electron chi connectivity index (χ4n) is 4.66. The molecule has 1 amide bonds. The van der Waals surface area contributed by atoms with Crippen molar-refractivity contribution in [3.05, 3.63) is 71.7 Å². The van der Waals surface area contributed by atoms with Crippen LogP contribution in [0.15, 0.2) is 59.6 Å². The Morgan fingerprint density at radius 3 is 2.30 bits per heavy atom. The average molecular weight is 689 g/mol. The molecule has 3 heterocycles. The number of ether oxygens (including phenoxy) is 1. The average Bonchev–Trinajstić information content (AvgIpc) is 3.43. The Hall–Kier alpha value is -4.03. The summed E-state index contributed by atoms with van der Waals surface area (Å²) in [5, 5.41) is 3.08. The van der Waals surface area contributed by atoms with Crippen LogP contribution in [0, 0.1) is 0 Å². The number of carbonyl (C=O) groups is 1. The highest BCUT2D eigenvalue weighted by Gasteiger charge is 2.41. The molecule has 1 atom stereocenters. The fraction of sp³-hybridized carbons (Fsp3) is 0.357. The second-order valence-corrected chi connectivity index (χ2v) is 13.5. The van der Waals surface area contributed by atoms with Crippen molar-refractivity contribution < 1.29 is 44.3 Å². The SMILES string of the molecule is CC(C)c1ncc2sc(N3CCN(S(=O)(=O)c4ccc(C(F)(F)F)cc4)[C@@H](C(=O)NCc4ccc(OC(F)(F)F)cc4)C3)nc2n1. The maximum absolute atomic E-state index is 13.7. The molecule has 46 heavy (non-hydrogen) atoms. The van der Waals surface area contributed by atoms with E-state index in [1.54, 1.807) is 11.1 Å². The van der Waals surface area contributed by atoms with Crippen LogP contribution in [-0.4, -0.2) is 65.6 Å². The van der Waals surface area contributed by atoms with Crippen LogP contribution < -0.4 is 15.0 Å². The predicted molar refractivity (Wildman–Crippen MR) is 156 cm³/mol. The molecule has 10 nitrogen and oxygen atoms in total. The van der Waals surface area contributed by atoms with Crippen LogP contribution in [0.25, 0.3) is 10.3 Å². The number of anilines is 1. The van der Waals surface area contributed by atoms with Crippen molar-refractivity contribution in [1.82, 2.24) is 24.6 Å². The predicted octanol–water partition coefficient (Wildman–Crippen LogP) is 5.32. The van der Waals surface area contributed by atoms with Crippen LogP contribution in [0.4, 0.5) is 31.5 Å². The number of benzene rings is 2. The number of alkyl halides is 6. The Morgan fingerprint density at radius 2 is 1.70 bits per heavy atom. The summed E-state index contributed by atoms with van der Waals surface area (Å²) in [6.07, 6.45) is -7.92.